The van der Waals surface area contributed by atoms with Crippen LogP contribution in [0, 0.1) is 5.92 Å². The zero-order chi connectivity index (χ0) is 8.69. The van der Waals surface area contributed by atoms with Crippen LogP contribution in [0.2, 0.25) is 0 Å². The molecule has 0 bridgehead atoms. The molecule has 2 atom stereocenters. The van der Waals surface area contributed by atoms with Crippen LogP contribution in [-0.2, 0) is 0 Å². The van der Waals surface area contributed by atoms with Gasteiger partial charge < -0.3 is 5.11 Å². The molecule has 0 aromatic heterocycles. The second-order valence-corrected chi connectivity index (χ2v) is 4.31. The maximum Gasteiger partial charge on any atom is 0.0656 e. The summed E-state index contributed by atoms with van der Waals surface area (Å²) in [5.41, 5.74) is 0. The number of aliphatic hydroxyl groups is 1. The monoisotopic (exact) mass is 176 g/mol. The molecular weight excluding hydrogens is 156 g/mol. The van der Waals surface area contributed by atoms with Gasteiger partial charge in [-0.3, -0.25) is 0 Å². The second kappa shape index (κ2) is 6.99. The molecular formula is C9H20OS. The molecule has 0 amide bonds. The van der Waals surface area contributed by atoms with Crippen molar-refractivity contribution in [1.29, 1.82) is 0 Å². The number of hydrogen-bond acceptors (Lipinski definition) is 2. The molecule has 0 aliphatic rings. The van der Waals surface area contributed by atoms with Gasteiger partial charge in [0.2, 0.25) is 0 Å². The second-order valence-electron chi connectivity index (χ2n) is 2.99. The van der Waals surface area contributed by atoms with Crippen LogP contribution in [0.3, 0.4) is 0 Å². The number of aliphatic hydroxyl groups excluding tert-OH is 1. The molecule has 0 aromatic carbocycles. The topological polar surface area (TPSA) is 20.2 Å². The lowest BCUT2D eigenvalue weighted by Crippen LogP contribution is -2.20. The fourth-order valence-corrected chi connectivity index (χ4v) is 1.86. The lowest BCUT2D eigenvalue weighted by atomic mass is 10.0. The molecule has 0 saturated heterocycles. The summed E-state index contributed by atoms with van der Waals surface area (Å²) < 4.78 is 0. The van der Waals surface area contributed by atoms with Crippen molar-refractivity contribution in [2.24, 2.45) is 5.92 Å². The SMILES string of the molecule is CCCC(C)C(O)CSCC. The number of thioether (sulfide) groups is 1. The minimum absolute atomic E-state index is 0.0973. The summed E-state index contributed by atoms with van der Waals surface area (Å²) >= 11 is 1.82. The molecule has 1 nitrogen and oxygen atoms in total. The van der Waals surface area contributed by atoms with Gasteiger partial charge in [0.1, 0.15) is 0 Å². The smallest absolute Gasteiger partial charge is 0.0656 e. The maximum absolute atomic E-state index is 9.56. The van der Waals surface area contributed by atoms with E-state index < -0.39 is 0 Å². The Balaban J connectivity index is 3.38. The zero-order valence-electron chi connectivity index (χ0n) is 7.84. The van der Waals surface area contributed by atoms with E-state index in [1.54, 1.807) is 0 Å². The highest BCUT2D eigenvalue weighted by molar-refractivity contribution is 7.99. The highest BCUT2D eigenvalue weighted by Gasteiger charge is 2.11. The third-order valence-electron chi connectivity index (χ3n) is 1.89. The average molecular weight is 176 g/mol. The van der Waals surface area contributed by atoms with E-state index in [2.05, 4.69) is 20.8 Å². The average Bonchev–Trinajstić information content (AvgIpc) is 2.00. The Morgan fingerprint density at radius 1 is 1.36 bits per heavy atom. The Labute approximate surface area is 74.6 Å². The molecule has 0 saturated carbocycles. The Hall–Kier alpha value is 0.310. The summed E-state index contributed by atoms with van der Waals surface area (Å²) in [6.07, 6.45) is 2.22. The molecule has 0 aliphatic carbocycles. The fourth-order valence-electron chi connectivity index (χ4n) is 1.05. The van der Waals surface area contributed by atoms with Gasteiger partial charge in [0.05, 0.1) is 6.10 Å². The molecule has 0 aromatic rings. The van der Waals surface area contributed by atoms with Gasteiger partial charge in [0.25, 0.3) is 0 Å². The van der Waals surface area contributed by atoms with Crippen molar-refractivity contribution in [2.45, 2.75) is 39.7 Å². The van der Waals surface area contributed by atoms with Gasteiger partial charge in [-0.05, 0) is 18.1 Å². The van der Waals surface area contributed by atoms with E-state index in [4.69, 9.17) is 0 Å². The molecule has 1 N–H and O–H groups in total. The van der Waals surface area contributed by atoms with E-state index in [0.29, 0.717) is 5.92 Å². The fraction of sp³-hybridized carbons (Fsp3) is 1.00. The predicted octanol–water partition coefficient (Wildman–Crippen LogP) is 2.54. The van der Waals surface area contributed by atoms with Gasteiger partial charge >= 0.3 is 0 Å². The van der Waals surface area contributed by atoms with Crippen molar-refractivity contribution in [3.8, 4) is 0 Å². The Morgan fingerprint density at radius 2 is 2.00 bits per heavy atom. The Kier molecular flexibility index (Phi) is 7.18. The summed E-state index contributed by atoms with van der Waals surface area (Å²) in [5.74, 6) is 2.48. The molecule has 0 radical (unpaired) electrons. The first-order valence-electron chi connectivity index (χ1n) is 4.48. The van der Waals surface area contributed by atoms with Crippen molar-refractivity contribution in [3.05, 3.63) is 0 Å². The van der Waals surface area contributed by atoms with Crippen molar-refractivity contribution in [1.82, 2.24) is 0 Å². The molecule has 0 spiro atoms. The van der Waals surface area contributed by atoms with Gasteiger partial charge in [-0.1, -0.05) is 27.2 Å². The molecule has 0 fully saturated rings. The van der Waals surface area contributed by atoms with E-state index in [-0.39, 0.29) is 6.10 Å². The van der Waals surface area contributed by atoms with Crippen LogP contribution >= 0.6 is 11.8 Å². The molecule has 2 unspecified atom stereocenters. The van der Waals surface area contributed by atoms with E-state index in [0.717, 1.165) is 17.9 Å². The van der Waals surface area contributed by atoms with E-state index in [1.165, 1.54) is 6.42 Å². The first-order valence-corrected chi connectivity index (χ1v) is 5.63. The van der Waals surface area contributed by atoms with Crippen LogP contribution in [0.15, 0.2) is 0 Å². The molecule has 2 heteroatoms. The lowest BCUT2D eigenvalue weighted by molar-refractivity contribution is 0.134. The van der Waals surface area contributed by atoms with E-state index >= 15 is 0 Å². The van der Waals surface area contributed by atoms with Crippen LogP contribution < -0.4 is 0 Å². The molecule has 0 rings (SSSR count). The number of hydrogen-bond donors (Lipinski definition) is 1. The largest absolute Gasteiger partial charge is 0.392 e. The molecule has 68 valence electrons. The zero-order valence-corrected chi connectivity index (χ0v) is 8.66. The third-order valence-corrected chi connectivity index (χ3v) is 2.88. The highest BCUT2D eigenvalue weighted by Crippen LogP contribution is 2.14. The summed E-state index contributed by atoms with van der Waals surface area (Å²) in [4.78, 5) is 0. The first kappa shape index (κ1) is 11.3. The van der Waals surface area contributed by atoms with Gasteiger partial charge in [-0.15, -0.1) is 0 Å². The van der Waals surface area contributed by atoms with Crippen LogP contribution in [0.5, 0.6) is 0 Å². The van der Waals surface area contributed by atoms with Gasteiger partial charge in [0, 0.05) is 5.75 Å². The quantitative estimate of drug-likeness (QED) is 0.671. The highest BCUT2D eigenvalue weighted by atomic mass is 32.2. The summed E-state index contributed by atoms with van der Waals surface area (Å²) in [7, 11) is 0. The van der Waals surface area contributed by atoms with Crippen LogP contribution in [-0.4, -0.2) is 22.7 Å². The summed E-state index contributed by atoms with van der Waals surface area (Å²) in [5, 5.41) is 9.56. The third kappa shape index (κ3) is 5.57. The van der Waals surface area contributed by atoms with Gasteiger partial charge in [-0.25, -0.2) is 0 Å². The van der Waals surface area contributed by atoms with Crippen molar-refractivity contribution in [2.75, 3.05) is 11.5 Å². The molecule has 11 heavy (non-hydrogen) atoms. The lowest BCUT2D eigenvalue weighted by Gasteiger charge is -2.16. The summed E-state index contributed by atoms with van der Waals surface area (Å²) in [6, 6.07) is 0. The van der Waals surface area contributed by atoms with Crippen molar-refractivity contribution in [3.63, 3.8) is 0 Å². The van der Waals surface area contributed by atoms with E-state index in [1.807, 2.05) is 11.8 Å². The molecule has 0 heterocycles. The van der Waals surface area contributed by atoms with Crippen LogP contribution in [0.4, 0.5) is 0 Å². The predicted molar refractivity (Wildman–Crippen MR) is 53.1 cm³/mol. The summed E-state index contributed by atoms with van der Waals surface area (Å²) in [6.45, 7) is 6.42. The Morgan fingerprint density at radius 3 is 2.45 bits per heavy atom. The maximum atomic E-state index is 9.56. The minimum Gasteiger partial charge on any atom is -0.392 e. The number of rotatable bonds is 6. The van der Waals surface area contributed by atoms with Gasteiger partial charge in [0.15, 0.2) is 0 Å². The van der Waals surface area contributed by atoms with Crippen LogP contribution in [0.25, 0.3) is 0 Å². The molecule has 0 aliphatic heterocycles. The van der Waals surface area contributed by atoms with Crippen molar-refractivity contribution < 1.29 is 5.11 Å². The first-order chi connectivity index (χ1) is 5.22. The Bertz CT molecular complexity index is 85.6. The van der Waals surface area contributed by atoms with E-state index in [9.17, 15) is 5.11 Å². The van der Waals surface area contributed by atoms with Crippen molar-refractivity contribution >= 4 is 11.8 Å². The minimum atomic E-state index is -0.0973. The normalized spacial score (nSPS) is 16.4. The van der Waals surface area contributed by atoms with Gasteiger partial charge in [-0.2, -0.15) is 11.8 Å². The standard InChI is InChI=1S/C9H20OS/c1-4-6-8(3)9(10)7-11-5-2/h8-10H,4-7H2,1-3H3. The van der Waals surface area contributed by atoms with Crippen LogP contribution in [0.1, 0.15) is 33.6 Å².